The van der Waals surface area contributed by atoms with Gasteiger partial charge >= 0.3 is 0 Å². The molecule has 2 aromatic heterocycles. The van der Waals surface area contributed by atoms with Crippen molar-refractivity contribution < 1.29 is 9.52 Å². The van der Waals surface area contributed by atoms with Crippen molar-refractivity contribution in [1.29, 1.82) is 0 Å². The molecule has 1 atom stereocenters. The first-order valence-electron chi connectivity index (χ1n) is 4.64. The second kappa shape index (κ2) is 4.14. The lowest BCUT2D eigenvalue weighted by Gasteiger charge is -2.00. The number of aromatic nitrogens is 2. The molecule has 0 amide bonds. The summed E-state index contributed by atoms with van der Waals surface area (Å²) in [7, 11) is 0. The fourth-order valence-corrected chi connectivity index (χ4v) is 1.31. The van der Waals surface area contributed by atoms with Crippen LogP contribution in [0.1, 0.15) is 17.6 Å². The number of furan rings is 1. The van der Waals surface area contributed by atoms with Crippen LogP contribution in [-0.2, 0) is 6.54 Å². The van der Waals surface area contributed by atoms with Crippen molar-refractivity contribution in [3.63, 3.8) is 0 Å². The molecule has 78 valence electrons. The number of aliphatic hydroxyl groups is 1. The zero-order valence-electron chi connectivity index (χ0n) is 8.21. The molecule has 0 saturated heterocycles. The lowest BCUT2D eigenvalue weighted by Crippen LogP contribution is -1.94. The van der Waals surface area contributed by atoms with Gasteiger partial charge in [0, 0.05) is 12.4 Å². The first-order chi connectivity index (χ1) is 7.29. The molecule has 4 heteroatoms. The van der Waals surface area contributed by atoms with Gasteiger partial charge in [-0.25, -0.2) is 4.98 Å². The van der Waals surface area contributed by atoms with Gasteiger partial charge in [0.05, 0.1) is 12.9 Å². The Bertz CT molecular complexity index is 431. The molecule has 0 aliphatic rings. The van der Waals surface area contributed by atoms with Gasteiger partial charge in [-0.2, -0.15) is 0 Å². The molecule has 0 aliphatic carbocycles. The Morgan fingerprint density at radius 2 is 2.47 bits per heavy atom. The predicted octanol–water partition coefficient (Wildman–Crippen LogP) is 1.74. The molecular weight excluding hydrogens is 192 g/mol. The molecule has 15 heavy (non-hydrogen) atoms. The highest BCUT2D eigenvalue weighted by molar-refractivity contribution is 5.12. The normalized spacial score (nSPS) is 12.6. The van der Waals surface area contributed by atoms with E-state index in [9.17, 15) is 5.11 Å². The van der Waals surface area contributed by atoms with Crippen molar-refractivity contribution in [3.05, 3.63) is 55.0 Å². The fraction of sp³-hybridized carbons (Fsp3) is 0.182. The third-order valence-electron chi connectivity index (χ3n) is 2.09. The summed E-state index contributed by atoms with van der Waals surface area (Å²) in [6, 6.07) is 3.58. The van der Waals surface area contributed by atoms with Crippen molar-refractivity contribution in [1.82, 2.24) is 9.55 Å². The molecule has 4 nitrogen and oxygen atoms in total. The van der Waals surface area contributed by atoms with E-state index < -0.39 is 6.10 Å². The van der Waals surface area contributed by atoms with Gasteiger partial charge in [0.2, 0.25) is 0 Å². The van der Waals surface area contributed by atoms with E-state index in [2.05, 4.69) is 11.6 Å². The second-order valence-electron chi connectivity index (χ2n) is 3.22. The van der Waals surface area contributed by atoms with E-state index in [1.807, 2.05) is 16.8 Å². The van der Waals surface area contributed by atoms with E-state index in [4.69, 9.17) is 4.42 Å². The van der Waals surface area contributed by atoms with Gasteiger partial charge in [-0.05, 0) is 12.1 Å². The van der Waals surface area contributed by atoms with Gasteiger partial charge in [-0.15, -0.1) is 6.58 Å². The summed E-state index contributed by atoms with van der Waals surface area (Å²) in [4.78, 5) is 3.93. The Labute approximate surface area is 87.5 Å². The predicted molar refractivity (Wildman–Crippen MR) is 55.2 cm³/mol. The molecule has 0 saturated carbocycles. The molecule has 0 fully saturated rings. The maximum Gasteiger partial charge on any atom is 0.136 e. The van der Waals surface area contributed by atoms with Crippen LogP contribution in [0.2, 0.25) is 0 Å². The molecule has 0 bridgehead atoms. The third kappa shape index (κ3) is 2.16. The Morgan fingerprint density at radius 1 is 1.60 bits per heavy atom. The van der Waals surface area contributed by atoms with Crippen molar-refractivity contribution in [2.75, 3.05) is 0 Å². The average Bonchev–Trinajstić information content (AvgIpc) is 2.88. The monoisotopic (exact) mass is 204 g/mol. The largest absolute Gasteiger partial charge is 0.461 e. The smallest absolute Gasteiger partial charge is 0.136 e. The van der Waals surface area contributed by atoms with Gasteiger partial charge in [-0.1, -0.05) is 6.08 Å². The minimum atomic E-state index is -0.735. The van der Waals surface area contributed by atoms with Crippen LogP contribution in [0.4, 0.5) is 0 Å². The van der Waals surface area contributed by atoms with Crippen LogP contribution in [0.15, 0.2) is 47.9 Å². The van der Waals surface area contributed by atoms with Gasteiger partial charge in [-0.3, -0.25) is 0 Å². The Hall–Kier alpha value is -1.81. The summed E-state index contributed by atoms with van der Waals surface area (Å²) in [5.74, 6) is 1.30. The highest BCUT2D eigenvalue weighted by atomic mass is 16.4. The van der Waals surface area contributed by atoms with E-state index in [-0.39, 0.29) is 0 Å². The fourth-order valence-electron chi connectivity index (χ4n) is 1.31. The van der Waals surface area contributed by atoms with Crippen molar-refractivity contribution in [2.24, 2.45) is 0 Å². The van der Waals surface area contributed by atoms with Gasteiger partial charge in [0.15, 0.2) is 0 Å². The van der Waals surface area contributed by atoms with E-state index in [1.54, 1.807) is 18.6 Å². The van der Waals surface area contributed by atoms with Crippen LogP contribution in [0, 0.1) is 0 Å². The third-order valence-corrected chi connectivity index (χ3v) is 2.09. The molecule has 1 N–H and O–H groups in total. The van der Waals surface area contributed by atoms with Crippen molar-refractivity contribution in [2.45, 2.75) is 12.6 Å². The van der Waals surface area contributed by atoms with Gasteiger partial charge in [0.25, 0.3) is 0 Å². The summed E-state index contributed by atoms with van der Waals surface area (Å²) in [6.45, 7) is 4.11. The van der Waals surface area contributed by atoms with Gasteiger partial charge in [0.1, 0.15) is 17.6 Å². The van der Waals surface area contributed by atoms with Crippen LogP contribution in [-0.4, -0.2) is 14.7 Å². The number of imidazole rings is 1. The highest BCUT2D eigenvalue weighted by Crippen LogP contribution is 2.17. The Morgan fingerprint density at radius 3 is 3.13 bits per heavy atom. The molecule has 2 aromatic rings. The maximum atomic E-state index is 9.44. The highest BCUT2D eigenvalue weighted by Gasteiger charge is 2.08. The summed E-state index contributed by atoms with van der Waals surface area (Å²) in [5.41, 5.74) is 0. The van der Waals surface area contributed by atoms with E-state index >= 15 is 0 Å². The summed E-state index contributed by atoms with van der Waals surface area (Å²) in [5, 5.41) is 9.44. The first-order valence-corrected chi connectivity index (χ1v) is 4.64. The summed E-state index contributed by atoms with van der Waals surface area (Å²) >= 11 is 0. The number of hydrogen-bond acceptors (Lipinski definition) is 3. The molecular formula is C11H12N2O2. The zero-order chi connectivity index (χ0) is 10.7. The second-order valence-corrected chi connectivity index (χ2v) is 3.22. The zero-order valence-corrected chi connectivity index (χ0v) is 8.21. The van der Waals surface area contributed by atoms with Crippen molar-refractivity contribution >= 4 is 0 Å². The molecule has 0 spiro atoms. The van der Waals surface area contributed by atoms with Crippen LogP contribution in [0.5, 0.6) is 0 Å². The molecule has 2 rings (SSSR count). The van der Waals surface area contributed by atoms with E-state index in [0.717, 1.165) is 5.76 Å². The molecule has 0 radical (unpaired) electrons. The molecule has 1 unspecified atom stereocenters. The standard InChI is InChI=1S/C11H12N2O2/c1-2-10(14)11-4-3-9(15-11)7-13-6-5-12-8-13/h2-6,8,10,14H,1,7H2. The van der Waals surface area contributed by atoms with E-state index in [1.165, 1.54) is 6.08 Å². The number of rotatable bonds is 4. The lowest BCUT2D eigenvalue weighted by atomic mass is 10.3. The molecule has 0 aliphatic heterocycles. The van der Waals surface area contributed by atoms with Crippen LogP contribution >= 0.6 is 0 Å². The number of nitrogens with zero attached hydrogens (tertiary/aromatic N) is 2. The Kier molecular flexibility index (Phi) is 2.69. The first kappa shape index (κ1) is 9.73. The van der Waals surface area contributed by atoms with Gasteiger partial charge < -0.3 is 14.1 Å². The molecule has 2 heterocycles. The summed E-state index contributed by atoms with van der Waals surface area (Å²) in [6.07, 6.45) is 5.97. The van der Waals surface area contributed by atoms with E-state index in [0.29, 0.717) is 12.3 Å². The van der Waals surface area contributed by atoms with Crippen LogP contribution in [0.25, 0.3) is 0 Å². The average molecular weight is 204 g/mol. The lowest BCUT2D eigenvalue weighted by molar-refractivity contribution is 0.194. The SMILES string of the molecule is C=CC(O)c1ccc(Cn2ccnc2)o1. The number of hydrogen-bond donors (Lipinski definition) is 1. The minimum absolute atomic E-state index is 0.514. The quantitative estimate of drug-likeness (QED) is 0.772. The topological polar surface area (TPSA) is 51.2 Å². The minimum Gasteiger partial charge on any atom is -0.461 e. The van der Waals surface area contributed by atoms with Crippen LogP contribution < -0.4 is 0 Å². The van der Waals surface area contributed by atoms with Crippen LogP contribution in [0.3, 0.4) is 0 Å². The number of aliphatic hydroxyl groups excluding tert-OH is 1. The molecule has 0 aromatic carbocycles. The summed E-state index contributed by atoms with van der Waals surface area (Å²) < 4.78 is 7.33. The van der Waals surface area contributed by atoms with Crippen molar-refractivity contribution in [3.8, 4) is 0 Å². The maximum absolute atomic E-state index is 9.44. The Balaban J connectivity index is 2.10.